The van der Waals surface area contributed by atoms with Crippen LogP contribution in [-0.4, -0.2) is 40.1 Å². The van der Waals surface area contributed by atoms with Gasteiger partial charge in [-0.2, -0.15) is 11.8 Å². The molecule has 2 rings (SSSR count). The molecule has 0 radical (unpaired) electrons. The monoisotopic (exact) mass is 298 g/mol. The Kier molecular flexibility index (Phi) is 5.41. The van der Waals surface area contributed by atoms with Crippen molar-refractivity contribution < 1.29 is 4.79 Å². The Morgan fingerprint density at radius 1 is 1.50 bits per heavy atom. The van der Waals surface area contributed by atoms with Crippen molar-refractivity contribution in [1.82, 2.24) is 10.2 Å². The normalized spacial score (nSPS) is 34.5. The Bertz CT molecular complexity index is 339. The van der Waals surface area contributed by atoms with E-state index in [9.17, 15) is 4.79 Å². The van der Waals surface area contributed by atoms with E-state index in [1.165, 1.54) is 18.6 Å². The highest BCUT2D eigenvalue weighted by Gasteiger charge is 2.42. The van der Waals surface area contributed by atoms with Crippen LogP contribution in [0.15, 0.2) is 0 Å². The SMILES string of the molecule is CCCC1NC(CC(C)C)N(CC2(C)CCCS2)C1=O. The lowest BCUT2D eigenvalue weighted by molar-refractivity contribution is -0.130. The summed E-state index contributed by atoms with van der Waals surface area (Å²) in [4.78, 5) is 14.8. The quantitative estimate of drug-likeness (QED) is 0.817. The van der Waals surface area contributed by atoms with Crippen LogP contribution in [0.2, 0.25) is 0 Å². The van der Waals surface area contributed by atoms with Gasteiger partial charge in [0.15, 0.2) is 0 Å². The Hall–Kier alpha value is -0.220. The first-order valence-electron chi connectivity index (χ1n) is 8.15. The average Bonchev–Trinajstić information content (AvgIpc) is 2.90. The molecule has 3 nitrogen and oxygen atoms in total. The maximum absolute atomic E-state index is 12.7. The minimum Gasteiger partial charge on any atom is -0.324 e. The number of carbonyl (C=O) groups excluding carboxylic acids is 1. The fourth-order valence-corrected chi connectivity index (χ4v) is 4.70. The molecular weight excluding hydrogens is 268 g/mol. The molecule has 2 saturated heterocycles. The molecule has 2 aliphatic rings. The van der Waals surface area contributed by atoms with Gasteiger partial charge in [-0.15, -0.1) is 0 Å². The summed E-state index contributed by atoms with van der Waals surface area (Å²) in [5.74, 6) is 2.21. The van der Waals surface area contributed by atoms with E-state index in [0.29, 0.717) is 11.8 Å². The van der Waals surface area contributed by atoms with Gasteiger partial charge in [-0.05, 0) is 44.3 Å². The maximum atomic E-state index is 12.7. The van der Waals surface area contributed by atoms with Crippen molar-refractivity contribution in [1.29, 1.82) is 0 Å². The van der Waals surface area contributed by atoms with E-state index in [0.717, 1.165) is 25.8 Å². The van der Waals surface area contributed by atoms with Crippen LogP contribution >= 0.6 is 11.8 Å². The standard InChI is InChI=1S/C16H30N2OS/c1-5-7-13-15(19)18(14(17-13)10-12(2)3)11-16(4)8-6-9-20-16/h12-14,17H,5-11H2,1-4H3. The number of hydrogen-bond acceptors (Lipinski definition) is 3. The average molecular weight is 298 g/mol. The lowest BCUT2D eigenvalue weighted by atomic mass is 10.0. The molecule has 0 spiro atoms. The van der Waals surface area contributed by atoms with E-state index in [-0.39, 0.29) is 17.0 Å². The van der Waals surface area contributed by atoms with Gasteiger partial charge in [-0.1, -0.05) is 27.2 Å². The zero-order valence-electron chi connectivity index (χ0n) is 13.4. The fraction of sp³-hybridized carbons (Fsp3) is 0.938. The van der Waals surface area contributed by atoms with Crippen LogP contribution in [-0.2, 0) is 4.79 Å². The van der Waals surface area contributed by atoms with Crippen LogP contribution in [0.1, 0.15) is 59.8 Å². The van der Waals surface area contributed by atoms with E-state index in [4.69, 9.17) is 0 Å². The molecule has 0 bridgehead atoms. The third-order valence-corrected chi connectivity index (χ3v) is 5.95. The second-order valence-electron chi connectivity index (χ2n) is 7.02. The third kappa shape index (κ3) is 3.70. The Balaban J connectivity index is 2.06. The molecule has 1 N–H and O–H groups in total. The lowest BCUT2D eigenvalue weighted by Gasteiger charge is -2.33. The zero-order valence-corrected chi connectivity index (χ0v) is 14.3. The third-order valence-electron chi connectivity index (χ3n) is 4.43. The van der Waals surface area contributed by atoms with Crippen LogP contribution in [0.5, 0.6) is 0 Å². The molecule has 3 unspecified atom stereocenters. The highest BCUT2D eigenvalue weighted by atomic mass is 32.2. The van der Waals surface area contributed by atoms with Crippen molar-refractivity contribution in [3.8, 4) is 0 Å². The summed E-state index contributed by atoms with van der Waals surface area (Å²) < 4.78 is 0.272. The second-order valence-corrected chi connectivity index (χ2v) is 8.70. The van der Waals surface area contributed by atoms with Gasteiger partial charge in [0.05, 0.1) is 12.2 Å². The van der Waals surface area contributed by atoms with E-state index in [2.05, 4.69) is 37.9 Å². The number of amides is 1. The molecule has 0 aromatic heterocycles. The Morgan fingerprint density at radius 2 is 2.25 bits per heavy atom. The summed E-state index contributed by atoms with van der Waals surface area (Å²) in [5, 5.41) is 3.58. The minimum absolute atomic E-state index is 0.0544. The highest BCUT2D eigenvalue weighted by Crippen LogP contribution is 2.39. The smallest absolute Gasteiger partial charge is 0.241 e. The van der Waals surface area contributed by atoms with Crippen molar-refractivity contribution in [2.45, 2.75) is 76.8 Å². The molecule has 1 amide bonds. The predicted molar refractivity (Wildman–Crippen MR) is 86.9 cm³/mol. The number of thioether (sulfide) groups is 1. The van der Waals surface area contributed by atoms with Gasteiger partial charge < -0.3 is 4.90 Å². The number of nitrogens with zero attached hydrogens (tertiary/aromatic N) is 1. The molecular formula is C16H30N2OS. The van der Waals surface area contributed by atoms with Crippen molar-refractivity contribution in [2.75, 3.05) is 12.3 Å². The molecule has 2 heterocycles. The van der Waals surface area contributed by atoms with Crippen molar-refractivity contribution in [3.63, 3.8) is 0 Å². The molecule has 2 aliphatic heterocycles. The molecule has 2 fully saturated rings. The van der Waals surface area contributed by atoms with Gasteiger partial charge in [-0.25, -0.2) is 0 Å². The summed E-state index contributed by atoms with van der Waals surface area (Å²) in [6.07, 6.45) is 5.88. The first-order chi connectivity index (χ1) is 9.45. The van der Waals surface area contributed by atoms with Crippen LogP contribution in [0.25, 0.3) is 0 Å². The van der Waals surface area contributed by atoms with Gasteiger partial charge in [0.25, 0.3) is 0 Å². The van der Waals surface area contributed by atoms with Crippen molar-refractivity contribution in [2.24, 2.45) is 5.92 Å². The topological polar surface area (TPSA) is 32.3 Å². The van der Waals surface area contributed by atoms with E-state index >= 15 is 0 Å². The molecule has 116 valence electrons. The zero-order chi connectivity index (χ0) is 14.8. The summed E-state index contributed by atoms with van der Waals surface area (Å²) >= 11 is 2.05. The van der Waals surface area contributed by atoms with Gasteiger partial charge in [0.1, 0.15) is 0 Å². The Morgan fingerprint density at radius 3 is 2.80 bits per heavy atom. The van der Waals surface area contributed by atoms with Crippen LogP contribution in [0.3, 0.4) is 0 Å². The number of rotatable bonds is 6. The van der Waals surface area contributed by atoms with Crippen molar-refractivity contribution in [3.05, 3.63) is 0 Å². The van der Waals surface area contributed by atoms with E-state index in [1.54, 1.807) is 0 Å². The molecule has 0 aromatic carbocycles. The first-order valence-corrected chi connectivity index (χ1v) is 9.14. The molecule has 20 heavy (non-hydrogen) atoms. The highest BCUT2D eigenvalue weighted by molar-refractivity contribution is 8.00. The van der Waals surface area contributed by atoms with E-state index < -0.39 is 0 Å². The lowest BCUT2D eigenvalue weighted by Crippen LogP contribution is -2.45. The van der Waals surface area contributed by atoms with Crippen LogP contribution in [0, 0.1) is 5.92 Å². The summed E-state index contributed by atoms with van der Waals surface area (Å²) in [7, 11) is 0. The van der Waals surface area contributed by atoms with Gasteiger partial charge in [0, 0.05) is 11.3 Å². The molecule has 4 heteroatoms. The first kappa shape index (κ1) is 16.2. The van der Waals surface area contributed by atoms with Crippen LogP contribution < -0.4 is 5.32 Å². The number of hydrogen-bond donors (Lipinski definition) is 1. The molecule has 0 aliphatic carbocycles. The maximum Gasteiger partial charge on any atom is 0.241 e. The second kappa shape index (κ2) is 6.69. The Labute approximate surface area is 128 Å². The summed E-state index contributed by atoms with van der Waals surface area (Å²) in [6, 6.07) is 0.0544. The van der Waals surface area contributed by atoms with Crippen molar-refractivity contribution >= 4 is 17.7 Å². The van der Waals surface area contributed by atoms with Crippen LogP contribution in [0.4, 0.5) is 0 Å². The largest absolute Gasteiger partial charge is 0.324 e. The molecule has 0 saturated carbocycles. The molecule has 0 aromatic rings. The minimum atomic E-state index is 0.0544. The predicted octanol–water partition coefficient (Wildman–Crippen LogP) is 3.24. The summed E-state index contributed by atoms with van der Waals surface area (Å²) in [5.41, 5.74) is 0. The van der Waals surface area contributed by atoms with Gasteiger partial charge in [0.2, 0.25) is 5.91 Å². The fourth-order valence-electron chi connectivity index (χ4n) is 3.39. The van der Waals surface area contributed by atoms with E-state index in [1.807, 2.05) is 11.8 Å². The number of carbonyl (C=O) groups is 1. The molecule has 3 atom stereocenters. The number of nitrogens with one attached hydrogen (secondary N) is 1. The summed E-state index contributed by atoms with van der Waals surface area (Å²) in [6.45, 7) is 9.88. The van der Waals surface area contributed by atoms with Gasteiger partial charge >= 0.3 is 0 Å². The van der Waals surface area contributed by atoms with Gasteiger partial charge in [-0.3, -0.25) is 10.1 Å².